The Hall–Kier alpha value is -0.940. The third-order valence-electron chi connectivity index (χ3n) is 1.86. The maximum absolute atomic E-state index is 10.9. The standard InChI is InChI=1S/C8H16N2O3/c1-10(2,3)7(8(12)13)4-6(11)5-9/h7H,4-5,9H2,1-3H3/t7-/m0/s1. The maximum atomic E-state index is 10.9. The molecule has 0 fully saturated rings. The number of nitrogens with zero attached hydrogens (tertiary/aromatic N) is 1. The molecule has 1 atom stereocenters. The molecule has 0 aliphatic heterocycles. The summed E-state index contributed by atoms with van der Waals surface area (Å²) in [4.78, 5) is 21.6. The smallest absolute Gasteiger partial charge is 0.152 e. The number of quaternary nitrogens is 1. The lowest BCUT2D eigenvalue weighted by molar-refractivity contribution is -0.888. The van der Waals surface area contributed by atoms with Crippen molar-refractivity contribution in [2.24, 2.45) is 5.73 Å². The number of aliphatic carboxylic acids is 1. The van der Waals surface area contributed by atoms with E-state index in [9.17, 15) is 14.7 Å². The molecule has 0 rings (SSSR count). The minimum atomic E-state index is -1.21. The van der Waals surface area contributed by atoms with Crippen molar-refractivity contribution in [3.8, 4) is 0 Å². The van der Waals surface area contributed by atoms with Crippen LogP contribution < -0.4 is 10.8 Å². The molecule has 0 unspecified atom stereocenters. The predicted octanol–water partition coefficient (Wildman–Crippen LogP) is -2.27. The number of carbonyl (C=O) groups is 2. The molecule has 0 saturated heterocycles. The Morgan fingerprint density at radius 2 is 1.85 bits per heavy atom. The van der Waals surface area contributed by atoms with Crippen molar-refractivity contribution in [3.63, 3.8) is 0 Å². The molecule has 0 bridgehead atoms. The lowest BCUT2D eigenvalue weighted by Gasteiger charge is -2.34. The number of likely N-dealkylation sites (N-methyl/N-ethyl adjacent to an activating group) is 1. The molecule has 0 aliphatic rings. The zero-order valence-electron chi connectivity index (χ0n) is 8.24. The van der Waals surface area contributed by atoms with Gasteiger partial charge in [0, 0.05) is 0 Å². The van der Waals surface area contributed by atoms with Crippen molar-refractivity contribution in [1.29, 1.82) is 0 Å². The Labute approximate surface area is 77.7 Å². The second-order valence-corrected chi connectivity index (χ2v) is 3.90. The van der Waals surface area contributed by atoms with Gasteiger partial charge in [-0.15, -0.1) is 0 Å². The van der Waals surface area contributed by atoms with Gasteiger partial charge in [0.2, 0.25) is 0 Å². The second-order valence-electron chi connectivity index (χ2n) is 3.90. The van der Waals surface area contributed by atoms with Gasteiger partial charge in [0.25, 0.3) is 0 Å². The summed E-state index contributed by atoms with van der Waals surface area (Å²) in [6.45, 7) is -0.121. The van der Waals surface area contributed by atoms with Gasteiger partial charge in [-0.1, -0.05) is 0 Å². The minimum Gasteiger partial charge on any atom is -0.544 e. The summed E-state index contributed by atoms with van der Waals surface area (Å²) in [6.07, 6.45) is -0.0671. The first-order chi connectivity index (χ1) is 5.79. The molecule has 13 heavy (non-hydrogen) atoms. The molecule has 0 saturated carbocycles. The monoisotopic (exact) mass is 188 g/mol. The van der Waals surface area contributed by atoms with Crippen LogP contribution in [0.4, 0.5) is 0 Å². The van der Waals surface area contributed by atoms with E-state index in [0.717, 1.165) is 0 Å². The number of carboxylic acid groups (broad SMARTS) is 1. The summed E-state index contributed by atoms with van der Waals surface area (Å²) in [6, 6.07) is -0.823. The molecular formula is C8H16N2O3. The lowest BCUT2D eigenvalue weighted by atomic mass is 10.1. The summed E-state index contributed by atoms with van der Waals surface area (Å²) in [5.41, 5.74) is 5.09. The van der Waals surface area contributed by atoms with Crippen molar-refractivity contribution in [1.82, 2.24) is 0 Å². The highest BCUT2D eigenvalue weighted by atomic mass is 16.4. The summed E-state index contributed by atoms with van der Waals surface area (Å²) in [5.74, 6) is -1.48. The number of Topliss-reactive ketones (excluding diaryl/α,β-unsaturated/α-hetero) is 1. The SMILES string of the molecule is C[N+](C)(C)[C@@H](CC(=O)CN)C(=O)[O-]. The highest BCUT2D eigenvalue weighted by Crippen LogP contribution is 2.06. The summed E-state index contributed by atoms with van der Waals surface area (Å²) in [5, 5.41) is 10.7. The third-order valence-corrected chi connectivity index (χ3v) is 1.86. The Balaban J connectivity index is 4.46. The van der Waals surface area contributed by atoms with Crippen LogP contribution in [0.3, 0.4) is 0 Å². The minimum absolute atomic E-state index is 0.0671. The van der Waals surface area contributed by atoms with Crippen LogP contribution in [0.15, 0.2) is 0 Å². The van der Waals surface area contributed by atoms with E-state index in [1.54, 1.807) is 21.1 Å². The van der Waals surface area contributed by atoms with Crippen molar-refractivity contribution >= 4 is 11.8 Å². The van der Waals surface area contributed by atoms with E-state index in [2.05, 4.69) is 0 Å². The average molecular weight is 188 g/mol. The van der Waals surface area contributed by atoms with Crippen LogP contribution in [-0.4, -0.2) is 50.0 Å². The van der Waals surface area contributed by atoms with Gasteiger partial charge in [0.15, 0.2) is 5.78 Å². The van der Waals surface area contributed by atoms with Crippen LogP contribution in [0.2, 0.25) is 0 Å². The quantitative estimate of drug-likeness (QED) is 0.493. The molecular weight excluding hydrogens is 172 g/mol. The lowest BCUT2D eigenvalue weighted by Crippen LogP contribution is -2.55. The van der Waals surface area contributed by atoms with Gasteiger partial charge in [-0.05, 0) is 0 Å². The van der Waals surface area contributed by atoms with Crippen molar-refractivity contribution in [2.45, 2.75) is 12.5 Å². The topological polar surface area (TPSA) is 83.2 Å². The first-order valence-electron chi connectivity index (χ1n) is 4.02. The molecule has 0 aromatic carbocycles. The molecule has 0 heterocycles. The fourth-order valence-corrected chi connectivity index (χ4v) is 0.972. The summed E-state index contributed by atoms with van der Waals surface area (Å²) < 4.78 is 0.161. The molecule has 76 valence electrons. The van der Waals surface area contributed by atoms with Gasteiger partial charge in [-0.3, -0.25) is 4.79 Å². The first kappa shape index (κ1) is 12.1. The fourth-order valence-electron chi connectivity index (χ4n) is 0.972. The number of hydrogen-bond donors (Lipinski definition) is 1. The Kier molecular flexibility index (Phi) is 4.03. The molecule has 2 N–H and O–H groups in total. The Morgan fingerprint density at radius 1 is 1.38 bits per heavy atom. The van der Waals surface area contributed by atoms with E-state index in [0.29, 0.717) is 0 Å². The molecule has 5 nitrogen and oxygen atoms in total. The molecule has 0 spiro atoms. The first-order valence-corrected chi connectivity index (χ1v) is 4.02. The number of hydrogen-bond acceptors (Lipinski definition) is 4. The van der Waals surface area contributed by atoms with E-state index in [4.69, 9.17) is 5.73 Å². The molecule has 0 aromatic rings. The molecule has 0 radical (unpaired) electrons. The second kappa shape index (κ2) is 4.34. The number of carboxylic acids is 1. The number of carbonyl (C=O) groups excluding carboxylic acids is 2. The van der Waals surface area contributed by atoms with Gasteiger partial charge >= 0.3 is 0 Å². The van der Waals surface area contributed by atoms with Crippen LogP contribution >= 0.6 is 0 Å². The van der Waals surface area contributed by atoms with E-state index in [-0.39, 0.29) is 23.2 Å². The van der Waals surface area contributed by atoms with E-state index >= 15 is 0 Å². The zero-order valence-corrected chi connectivity index (χ0v) is 8.24. The number of nitrogens with two attached hydrogens (primary N) is 1. The van der Waals surface area contributed by atoms with Crippen molar-refractivity contribution in [2.75, 3.05) is 27.7 Å². The molecule has 0 aromatic heterocycles. The van der Waals surface area contributed by atoms with Gasteiger partial charge in [-0.25, -0.2) is 0 Å². The van der Waals surface area contributed by atoms with Crippen LogP contribution in [0.1, 0.15) is 6.42 Å². The van der Waals surface area contributed by atoms with Crippen LogP contribution in [0, 0.1) is 0 Å². The van der Waals surface area contributed by atoms with Gasteiger partial charge in [0.05, 0.1) is 40.1 Å². The van der Waals surface area contributed by atoms with E-state index < -0.39 is 12.0 Å². The third kappa shape index (κ3) is 4.00. The summed E-state index contributed by atoms with van der Waals surface area (Å²) >= 11 is 0. The van der Waals surface area contributed by atoms with Gasteiger partial charge in [-0.2, -0.15) is 0 Å². The van der Waals surface area contributed by atoms with Gasteiger partial charge < -0.3 is 20.1 Å². The fraction of sp³-hybridized carbons (Fsp3) is 0.750. The van der Waals surface area contributed by atoms with Crippen molar-refractivity contribution < 1.29 is 19.2 Å². The number of ketones is 1. The zero-order chi connectivity index (χ0) is 10.6. The Morgan fingerprint density at radius 3 is 2.08 bits per heavy atom. The Bertz CT molecular complexity index is 208. The van der Waals surface area contributed by atoms with Crippen molar-refractivity contribution in [3.05, 3.63) is 0 Å². The van der Waals surface area contributed by atoms with Crippen LogP contribution in [-0.2, 0) is 9.59 Å². The van der Waals surface area contributed by atoms with Gasteiger partial charge in [0.1, 0.15) is 6.04 Å². The average Bonchev–Trinajstić information content (AvgIpc) is 1.96. The normalized spacial score (nSPS) is 13.8. The largest absolute Gasteiger partial charge is 0.544 e. The number of rotatable bonds is 5. The molecule has 0 aliphatic carbocycles. The maximum Gasteiger partial charge on any atom is 0.152 e. The summed E-state index contributed by atoms with van der Waals surface area (Å²) in [7, 11) is 5.10. The highest BCUT2D eigenvalue weighted by Gasteiger charge is 2.27. The highest BCUT2D eigenvalue weighted by molar-refractivity contribution is 5.85. The molecule has 5 heteroatoms. The van der Waals surface area contributed by atoms with Crippen LogP contribution in [0.5, 0.6) is 0 Å². The van der Waals surface area contributed by atoms with E-state index in [1.807, 2.05) is 0 Å². The van der Waals surface area contributed by atoms with Crippen LogP contribution in [0.25, 0.3) is 0 Å². The predicted molar refractivity (Wildman–Crippen MR) is 45.5 cm³/mol. The molecule has 0 amide bonds. The van der Waals surface area contributed by atoms with E-state index in [1.165, 1.54) is 0 Å².